The Labute approximate surface area is 163 Å². The summed E-state index contributed by atoms with van der Waals surface area (Å²) in [4.78, 5) is 16.9. The topological polar surface area (TPSA) is 56.1 Å². The molecule has 0 aliphatic heterocycles. The molecule has 0 fully saturated rings. The van der Waals surface area contributed by atoms with E-state index in [1.54, 1.807) is 13.4 Å². The lowest BCUT2D eigenvalue weighted by Gasteiger charge is -2.10. The number of fused-ring (bicyclic) bond motifs is 1. The normalized spacial score (nSPS) is 10.8. The first-order valence-electron chi connectivity index (χ1n) is 9.10. The number of amides is 1. The maximum Gasteiger partial charge on any atom is 0.251 e. The first kappa shape index (κ1) is 17.8. The van der Waals surface area contributed by atoms with Crippen LogP contribution in [-0.4, -0.2) is 22.6 Å². The molecule has 4 aromatic rings. The molecule has 1 N–H and O–H groups in total. The number of methoxy groups -OCH3 is 1. The van der Waals surface area contributed by atoms with Gasteiger partial charge in [0.05, 0.1) is 18.1 Å². The molecule has 0 unspecified atom stereocenters. The fraction of sp³-hybridized carbons (Fsp3) is 0.130. The molecule has 0 spiro atoms. The zero-order chi connectivity index (χ0) is 19.5. The summed E-state index contributed by atoms with van der Waals surface area (Å²) >= 11 is 0. The number of imidazole rings is 1. The molecule has 5 heteroatoms. The molecule has 28 heavy (non-hydrogen) atoms. The van der Waals surface area contributed by atoms with Gasteiger partial charge in [0, 0.05) is 17.8 Å². The van der Waals surface area contributed by atoms with Gasteiger partial charge in [-0.2, -0.15) is 0 Å². The van der Waals surface area contributed by atoms with Crippen LogP contribution in [0.3, 0.4) is 0 Å². The van der Waals surface area contributed by atoms with E-state index in [0.717, 1.165) is 33.6 Å². The minimum Gasteiger partial charge on any atom is -0.496 e. The minimum absolute atomic E-state index is 0.110. The molecule has 5 nitrogen and oxygen atoms in total. The number of aryl methyl sites for hydroxylation is 1. The Kier molecular flexibility index (Phi) is 4.81. The van der Waals surface area contributed by atoms with Gasteiger partial charge in [0.1, 0.15) is 12.1 Å². The zero-order valence-electron chi connectivity index (χ0n) is 15.8. The quantitative estimate of drug-likeness (QED) is 0.570. The van der Waals surface area contributed by atoms with Gasteiger partial charge in [-0.05, 0) is 60.5 Å². The molecule has 3 aromatic carbocycles. The van der Waals surface area contributed by atoms with Crippen LogP contribution in [0.25, 0.3) is 16.7 Å². The Bertz CT molecular complexity index is 1130. The molecule has 0 atom stereocenters. The van der Waals surface area contributed by atoms with Crippen molar-refractivity contribution in [2.75, 3.05) is 7.11 Å². The molecule has 140 valence electrons. The highest BCUT2D eigenvalue weighted by molar-refractivity contribution is 5.94. The lowest BCUT2D eigenvalue weighted by Crippen LogP contribution is -2.22. The molecular weight excluding hydrogens is 350 g/mol. The van der Waals surface area contributed by atoms with Gasteiger partial charge < -0.3 is 10.1 Å². The van der Waals surface area contributed by atoms with Crippen molar-refractivity contribution < 1.29 is 9.53 Å². The molecule has 1 amide bonds. The molecule has 0 radical (unpaired) electrons. The number of carbonyl (C=O) groups is 1. The summed E-state index contributed by atoms with van der Waals surface area (Å²) < 4.78 is 7.35. The first-order chi connectivity index (χ1) is 13.7. The smallest absolute Gasteiger partial charge is 0.251 e. The average molecular weight is 371 g/mol. The number of aromatic nitrogens is 2. The van der Waals surface area contributed by atoms with Gasteiger partial charge in [-0.3, -0.25) is 9.36 Å². The number of nitrogens with zero attached hydrogens (tertiary/aromatic N) is 2. The number of hydrogen-bond donors (Lipinski definition) is 1. The van der Waals surface area contributed by atoms with Crippen molar-refractivity contribution in [3.8, 4) is 11.4 Å². The monoisotopic (exact) mass is 371 g/mol. The van der Waals surface area contributed by atoms with Crippen LogP contribution in [0.1, 0.15) is 21.5 Å². The highest BCUT2D eigenvalue weighted by Gasteiger charge is 2.08. The number of ether oxygens (including phenoxy) is 1. The first-order valence-corrected chi connectivity index (χ1v) is 9.10. The molecule has 0 saturated heterocycles. The van der Waals surface area contributed by atoms with E-state index in [-0.39, 0.29) is 5.91 Å². The van der Waals surface area contributed by atoms with Crippen LogP contribution in [-0.2, 0) is 6.54 Å². The van der Waals surface area contributed by atoms with Gasteiger partial charge in [0.25, 0.3) is 5.91 Å². The molecule has 0 aliphatic rings. The van der Waals surface area contributed by atoms with E-state index < -0.39 is 0 Å². The van der Waals surface area contributed by atoms with Crippen LogP contribution in [0, 0.1) is 6.92 Å². The summed E-state index contributed by atoms with van der Waals surface area (Å²) in [7, 11) is 1.65. The zero-order valence-corrected chi connectivity index (χ0v) is 15.8. The van der Waals surface area contributed by atoms with E-state index in [2.05, 4.69) is 10.3 Å². The summed E-state index contributed by atoms with van der Waals surface area (Å²) in [6, 6.07) is 21.4. The van der Waals surface area contributed by atoms with Gasteiger partial charge in [0.2, 0.25) is 0 Å². The van der Waals surface area contributed by atoms with Gasteiger partial charge in [0.15, 0.2) is 0 Å². The van der Waals surface area contributed by atoms with E-state index in [4.69, 9.17) is 4.74 Å². The van der Waals surface area contributed by atoms with Crippen molar-refractivity contribution in [3.63, 3.8) is 0 Å². The second kappa shape index (κ2) is 7.56. The predicted octanol–water partition coefficient (Wildman–Crippen LogP) is 4.27. The fourth-order valence-corrected chi connectivity index (χ4v) is 3.20. The summed E-state index contributed by atoms with van der Waals surface area (Å²) in [5.41, 5.74) is 5.63. The van der Waals surface area contributed by atoms with Crippen LogP contribution < -0.4 is 10.1 Å². The summed E-state index contributed by atoms with van der Waals surface area (Å²) in [6.45, 7) is 2.44. The molecule has 1 aromatic heterocycles. The Morgan fingerprint density at radius 2 is 1.86 bits per heavy atom. The maximum absolute atomic E-state index is 12.5. The number of carbonyl (C=O) groups excluding carboxylic acids is 1. The highest BCUT2D eigenvalue weighted by atomic mass is 16.5. The molecule has 0 aliphatic carbocycles. The van der Waals surface area contributed by atoms with Crippen molar-refractivity contribution in [2.24, 2.45) is 0 Å². The number of benzene rings is 3. The fourth-order valence-electron chi connectivity index (χ4n) is 3.20. The van der Waals surface area contributed by atoms with Gasteiger partial charge >= 0.3 is 0 Å². The second-order valence-electron chi connectivity index (χ2n) is 6.64. The molecule has 1 heterocycles. The van der Waals surface area contributed by atoms with Crippen molar-refractivity contribution in [1.29, 1.82) is 0 Å². The van der Waals surface area contributed by atoms with Crippen molar-refractivity contribution in [1.82, 2.24) is 14.9 Å². The third-order valence-electron chi connectivity index (χ3n) is 4.79. The van der Waals surface area contributed by atoms with Crippen LogP contribution >= 0.6 is 0 Å². The molecule has 0 saturated carbocycles. The summed E-state index contributed by atoms with van der Waals surface area (Å²) in [5.74, 6) is 0.713. The average Bonchev–Trinajstić information content (AvgIpc) is 3.17. The van der Waals surface area contributed by atoms with E-state index in [9.17, 15) is 4.79 Å². The van der Waals surface area contributed by atoms with Crippen LogP contribution in [0.2, 0.25) is 0 Å². The van der Waals surface area contributed by atoms with Crippen molar-refractivity contribution in [3.05, 3.63) is 89.7 Å². The SMILES string of the molecule is COc1cc(CNC(=O)c2ccc(-n3cnc4ccccc43)cc2)ccc1C. The lowest BCUT2D eigenvalue weighted by atomic mass is 10.1. The number of hydrogen-bond acceptors (Lipinski definition) is 3. The third-order valence-corrected chi connectivity index (χ3v) is 4.79. The van der Waals surface area contributed by atoms with E-state index in [0.29, 0.717) is 12.1 Å². The second-order valence-corrected chi connectivity index (χ2v) is 6.64. The number of rotatable bonds is 5. The molecule has 4 rings (SSSR count). The van der Waals surface area contributed by atoms with Crippen LogP contribution in [0.15, 0.2) is 73.1 Å². The van der Waals surface area contributed by atoms with E-state index >= 15 is 0 Å². The highest BCUT2D eigenvalue weighted by Crippen LogP contribution is 2.20. The number of nitrogens with one attached hydrogen (secondary N) is 1. The Morgan fingerprint density at radius 3 is 2.64 bits per heavy atom. The van der Waals surface area contributed by atoms with Gasteiger partial charge in [-0.1, -0.05) is 24.3 Å². The number of para-hydroxylation sites is 2. The van der Waals surface area contributed by atoms with Gasteiger partial charge in [-0.15, -0.1) is 0 Å². The van der Waals surface area contributed by atoms with E-state index in [1.165, 1.54) is 0 Å². The standard InChI is InChI=1S/C23H21N3O2/c1-16-7-8-17(13-22(16)28-2)14-24-23(27)18-9-11-19(12-10-18)26-15-25-20-5-3-4-6-21(20)26/h3-13,15H,14H2,1-2H3,(H,24,27). The van der Waals surface area contributed by atoms with Crippen molar-refractivity contribution >= 4 is 16.9 Å². The Balaban J connectivity index is 1.47. The van der Waals surface area contributed by atoms with Crippen molar-refractivity contribution in [2.45, 2.75) is 13.5 Å². The van der Waals surface area contributed by atoms with E-state index in [1.807, 2.05) is 78.2 Å². The lowest BCUT2D eigenvalue weighted by molar-refractivity contribution is 0.0951. The van der Waals surface area contributed by atoms with Crippen LogP contribution in [0.4, 0.5) is 0 Å². The molecule has 0 bridgehead atoms. The molecular formula is C23H21N3O2. The largest absolute Gasteiger partial charge is 0.496 e. The van der Waals surface area contributed by atoms with Gasteiger partial charge in [-0.25, -0.2) is 4.98 Å². The summed E-state index contributed by atoms with van der Waals surface area (Å²) in [6.07, 6.45) is 1.80. The Morgan fingerprint density at radius 1 is 1.07 bits per heavy atom. The Hall–Kier alpha value is -3.60. The van der Waals surface area contributed by atoms with Crippen LogP contribution in [0.5, 0.6) is 5.75 Å². The third kappa shape index (κ3) is 3.47. The summed E-state index contributed by atoms with van der Waals surface area (Å²) in [5, 5.41) is 2.96. The predicted molar refractivity (Wildman–Crippen MR) is 110 cm³/mol. The minimum atomic E-state index is -0.110. The maximum atomic E-state index is 12.5.